The van der Waals surface area contributed by atoms with Gasteiger partial charge in [0.1, 0.15) is 0 Å². The molecule has 6 nitrogen and oxygen atoms in total. The van der Waals surface area contributed by atoms with Gasteiger partial charge in [-0.25, -0.2) is 4.98 Å². The van der Waals surface area contributed by atoms with Crippen LogP contribution in [-0.4, -0.2) is 32.2 Å². The number of ether oxygens (including phenoxy) is 3. The minimum absolute atomic E-state index is 0.0394. The third kappa shape index (κ3) is 4.87. The lowest BCUT2D eigenvalue weighted by molar-refractivity contribution is -0.116. The van der Waals surface area contributed by atoms with E-state index in [0.29, 0.717) is 29.5 Å². The second-order valence-electron chi connectivity index (χ2n) is 5.18. The summed E-state index contributed by atoms with van der Waals surface area (Å²) in [6, 6.07) is 9.26. The lowest BCUT2D eigenvalue weighted by atomic mass is 10.1. The molecule has 0 saturated heterocycles. The highest BCUT2D eigenvalue weighted by Gasteiger charge is 2.07. The van der Waals surface area contributed by atoms with Crippen LogP contribution in [0.2, 0.25) is 0 Å². The molecule has 1 N–H and O–H groups in total. The Kier molecular flexibility index (Phi) is 6.42. The van der Waals surface area contributed by atoms with Crippen LogP contribution in [0.4, 0.5) is 5.69 Å². The van der Waals surface area contributed by atoms with Crippen molar-refractivity contribution in [3.8, 4) is 17.4 Å². The van der Waals surface area contributed by atoms with E-state index < -0.39 is 0 Å². The Hall–Kier alpha value is -2.76. The molecule has 1 heterocycles. The smallest absolute Gasteiger partial charge is 0.224 e. The zero-order chi connectivity index (χ0) is 17.4. The summed E-state index contributed by atoms with van der Waals surface area (Å²) in [5.41, 5.74) is 1.76. The first-order chi connectivity index (χ1) is 11.7. The molecule has 1 aromatic carbocycles. The molecule has 0 unspecified atom stereocenters. The first-order valence-electron chi connectivity index (χ1n) is 7.67. The Labute approximate surface area is 141 Å². The van der Waals surface area contributed by atoms with E-state index in [4.69, 9.17) is 14.2 Å². The van der Waals surface area contributed by atoms with Crippen molar-refractivity contribution in [1.82, 2.24) is 4.98 Å². The molecule has 6 heteroatoms. The summed E-state index contributed by atoms with van der Waals surface area (Å²) < 4.78 is 15.5. The number of nitrogens with one attached hydrogen (secondary N) is 1. The molecule has 1 amide bonds. The summed E-state index contributed by atoms with van der Waals surface area (Å²) in [6.45, 7) is 0. The van der Waals surface area contributed by atoms with Crippen LogP contribution in [0.15, 0.2) is 36.5 Å². The molecule has 0 fully saturated rings. The fourth-order valence-corrected chi connectivity index (χ4v) is 2.29. The zero-order valence-electron chi connectivity index (χ0n) is 14.2. The lowest BCUT2D eigenvalue weighted by Gasteiger charge is -2.09. The van der Waals surface area contributed by atoms with Gasteiger partial charge in [0.15, 0.2) is 11.5 Å². The quantitative estimate of drug-likeness (QED) is 0.805. The Balaban J connectivity index is 1.81. The van der Waals surface area contributed by atoms with Crippen molar-refractivity contribution >= 4 is 11.6 Å². The molecule has 0 aliphatic rings. The van der Waals surface area contributed by atoms with Crippen molar-refractivity contribution < 1.29 is 19.0 Å². The van der Waals surface area contributed by atoms with Gasteiger partial charge in [0.05, 0.1) is 33.2 Å². The number of aromatic nitrogens is 1. The Bertz CT molecular complexity index is 671. The van der Waals surface area contributed by atoms with Crippen LogP contribution in [0.5, 0.6) is 17.4 Å². The van der Waals surface area contributed by atoms with Gasteiger partial charge in [0.25, 0.3) is 0 Å². The highest BCUT2D eigenvalue weighted by atomic mass is 16.5. The first-order valence-corrected chi connectivity index (χ1v) is 7.67. The zero-order valence-corrected chi connectivity index (χ0v) is 14.2. The largest absolute Gasteiger partial charge is 0.493 e. The van der Waals surface area contributed by atoms with Crippen molar-refractivity contribution in [3.63, 3.8) is 0 Å². The van der Waals surface area contributed by atoms with Crippen molar-refractivity contribution in [1.29, 1.82) is 0 Å². The Morgan fingerprint density at radius 1 is 1.04 bits per heavy atom. The minimum atomic E-state index is -0.0394. The van der Waals surface area contributed by atoms with E-state index in [0.717, 1.165) is 18.4 Å². The van der Waals surface area contributed by atoms with Crippen LogP contribution >= 0.6 is 0 Å². The van der Waals surface area contributed by atoms with Gasteiger partial charge in [-0.05, 0) is 36.6 Å². The fraction of sp³-hybridized carbons (Fsp3) is 0.333. The van der Waals surface area contributed by atoms with Gasteiger partial charge in [-0.15, -0.1) is 0 Å². The van der Waals surface area contributed by atoms with Gasteiger partial charge >= 0.3 is 0 Å². The summed E-state index contributed by atoms with van der Waals surface area (Å²) >= 11 is 0. The lowest BCUT2D eigenvalue weighted by Crippen LogP contribution is -2.11. The maximum absolute atomic E-state index is 12.0. The predicted octanol–water partition coefficient (Wildman–Crippen LogP) is 3.07. The molecule has 1 aromatic heterocycles. The van der Waals surface area contributed by atoms with Crippen LogP contribution in [0.1, 0.15) is 18.4 Å². The van der Waals surface area contributed by atoms with E-state index in [-0.39, 0.29) is 5.91 Å². The number of aryl methyl sites for hydroxylation is 1. The molecule has 0 radical (unpaired) electrons. The van der Waals surface area contributed by atoms with Crippen LogP contribution in [0.25, 0.3) is 0 Å². The highest BCUT2D eigenvalue weighted by Crippen LogP contribution is 2.28. The number of methoxy groups -OCH3 is 3. The summed E-state index contributed by atoms with van der Waals surface area (Å²) in [5.74, 6) is 1.87. The van der Waals surface area contributed by atoms with Crippen molar-refractivity contribution in [2.75, 3.05) is 26.6 Å². The number of anilines is 1. The molecule has 0 atom stereocenters. The molecule has 0 aliphatic carbocycles. The number of carbonyl (C=O) groups excluding carboxylic acids is 1. The Morgan fingerprint density at radius 2 is 1.83 bits per heavy atom. The number of benzene rings is 1. The van der Waals surface area contributed by atoms with E-state index in [1.165, 1.54) is 0 Å². The number of rotatable bonds is 8. The SMILES string of the molecule is COc1ccc(NC(=O)CCCc2ccc(OC)c(OC)c2)cn1. The standard InChI is InChI=1S/C18H22N2O4/c1-22-15-9-7-13(11-16(15)23-2)5-4-6-17(21)20-14-8-10-18(24-3)19-12-14/h7-12H,4-6H2,1-3H3,(H,20,21). The van der Waals surface area contributed by atoms with E-state index in [9.17, 15) is 4.79 Å². The molecular weight excluding hydrogens is 308 g/mol. The van der Waals surface area contributed by atoms with Gasteiger partial charge < -0.3 is 19.5 Å². The average Bonchev–Trinajstić information content (AvgIpc) is 2.62. The molecule has 24 heavy (non-hydrogen) atoms. The van der Waals surface area contributed by atoms with E-state index in [1.807, 2.05) is 18.2 Å². The molecule has 2 rings (SSSR count). The average molecular weight is 330 g/mol. The number of pyridine rings is 1. The van der Waals surface area contributed by atoms with E-state index >= 15 is 0 Å². The third-order valence-corrected chi connectivity index (χ3v) is 3.55. The molecule has 128 valence electrons. The number of hydrogen-bond acceptors (Lipinski definition) is 5. The van der Waals surface area contributed by atoms with Crippen molar-refractivity contribution in [2.45, 2.75) is 19.3 Å². The second kappa shape index (κ2) is 8.76. The van der Waals surface area contributed by atoms with E-state index in [1.54, 1.807) is 39.7 Å². The van der Waals surface area contributed by atoms with Crippen LogP contribution in [0.3, 0.4) is 0 Å². The third-order valence-electron chi connectivity index (χ3n) is 3.55. The monoisotopic (exact) mass is 330 g/mol. The number of hydrogen-bond donors (Lipinski definition) is 1. The highest BCUT2D eigenvalue weighted by molar-refractivity contribution is 5.90. The fourth-order valence-electron chi connectivity index (χ4n) is 2.29. The van der Waals surface area contributed by atoms with E-state index in [2.05, 4.69) is 10.3 Å². The summed E-state index contributed by atoms with van der Waals surface area (Å²) in [7, 11) is 4.77. The van der Waals surface area contributed by atoms with Gasteiger partial charge in [-0.1, -0.05) is 6.07 Å². The van der Waals surface area contributed by atoms with Crippen molar-refractivity contribution in [3.05, 3.63) is 42.1 Å². The predicted molar refractivity (Wildman–Crippen MR) is 91.9 cm³/mol. The summed E-state index contributed by atoms with van der Waals surface area (Å²) in [4.78, 5) is 16.0. The van der Waals surface area contributed by atoms with Crippen LogP contribution < -0.4 is 19.5 Å². The van der Waals surface area contributed by atoms with Gasteiger partial charge in [-0.3, -0.25) is 4.79 Å². The molecule has 0 aliphatic heterocycles. The van der Waals surface area contributed by atoms with Gasteiger partial charge in [0, 0.05) is 12.5 Å². The topological polar surface area (TPSA) is 69.7 Å². The number of nitrogens with zero attached hydrogens (tertiary/aromatic N) is 1. The molecule has 2 aromatic rings. The normalized spacial score (nSPS) is 10.1. The van der Waals surface area contributed by atoms with Crippen LogP contribution in [0, 0.1) is 0 Å². The summed E-state index contributed by atoms with van der Waals surface area (Å²) in [5, 5.41) is 2.82. The number of carbonyl (C=O) groups is 1. The maximum Gasteiger partial charge on any atom is 0.224 e. The molecule has 0 spiro atoms. The first kappa shape index (κ1) is 17.6. The van der Waals surface area contributed by atoms with Crippen molar-refractivity contribution in [2.24, 2.45) is 0 Å². The van der Waals surface area contributed by atoms with Crippen LogP contribution in [-0.2, 0) is 11.2 Å². The maximum atomic E-state index is 12.0. The molecular formula is C18H22N2O4. The molecule has 0 bridgehead atoms. The van der Waals surface area contributed by atoms with Gasteiger partial charge in [-0.2, -0.15) is 0 Å². The molecule has 0 saturated carbocycles. The Morgan fingerprint density at radius 3 is 2.46 bits per heavy atom. The number of amides is 1. The minimum Gasteiger partial charge on any atom is -0.493 e. The second-order valence-corrected chi connectivity index (χ2v) is 5.18. The van der Waals surface area contributed by atoms with Gasteiger partial charge in [0.2, 0.25) is 11.8 Å². The summed E-state index contributed by atoms with van der Waals surface area (Å²) in [6.07, 6.45) is 3.53.